The number of hydrogen-bond donors (Lipinski definition) is 3. The number of rotatable bonds is 20. The highest BCUT2D eigenvalue weighted by molar-refractivity contribution is 7.99. The molecule has 0 radical (unpaired) electrons. The summed E-state index contributed by atoms with van der Waals surface area (Å²) in [5, 5.41) is 10.1. The number of esters is 1. The van der Waals surface area contributed by atoms with Gasteiger partial charge in [-0.2, -0.15) is 8.61 Å². The van der Waals surface area contributed by atoms with Crippen molar-refractivity contribution in [1.82, 2.24) is 18.6 Å². The van der Waals surface area contributed by atoms with Gasteiger partial charge in [0.1, 0.15) is 21.4 Å². The van der Waals surface area contributed by atoms with E-state index >= 15 is 0 Å². The van der Waals surface area contributed by atoms with Crippen LogP contribution in [0.15, 0.2) is 149 Å². The fraction of sp³-hybridized carbons (Fsp3) is 0.294. The minimum Gasteiger partial charge on any atom is -0.478 e. The van der Waals surface area contributed by atoms with E-state index < -0.39 is 52.0 Å². The van der Waals surface area contributed by atoms with Gasteiger partial charge in [-0.1, -0.05) is 103 Å². The fourth-order valence-electron chi connectivity index (χ4n) is 7.97. The van der Waals surface area contributed by atoms with E-state index in [0.717, 1.165) is 69.2 Å². The molecule has 0 unspecified atom stereocenters. The zero-order valence-corrected chi connectivity index (χ0v) is 49.9. The molecule has 3 N–H and O–H groups in total. The van der Waals surface area contributed by atoms with Crippen LogP contribution in [0.1, 0.15) is 85.4 Å². The Morgan fingerprint density at radius 1 is 0.570 bits per heavy atom. The van der Waals surface area contributed by atoms with Crippen molar-refractivity contribution in [3.63, 3.8) is 0 Å². The van der Waals surface area contributed by atoms with Gasteiger partial charge < -0.3 is 9.84 Å². The summed E-state index contributed by atoms with van der Waals surface area (Å²) in [6, 6.07) is 22.8. The molecular weight excluding hydrogens is 1220 g/mol. The molecule has 8 rings (SSSR count). The van der Waals surface area contributed by atoms with Crippen LogP contribution >= 0.6 is 69.9 Å². The van der Waals surface area contributed by atoms with Crippen LogP contribution in [0.3, 0.4) is 0 Å². The molecule has 28 heteroatoms. The maximum atomic E-state index is 13.1. The zero-order valence-electron chi connectivity index (χ0n) is 42.0. The van der Waals surface area contributed by atoms with Crippen LogP contribution in [0, 0.1) is 0 Å². The number of nitrogens with zero attached hydrogens (tertiary/aromatic N) is 4. The number of carboxylic acids is 1. The predicted molar refractivity (Wildman–Crippen MR) is 306 cm³/mol. The van der Waals surface area contributed by atoms with E-state index in [2.05, 4.69) is 19.4 Å². The van der Waals surface area contributed by atoms with Crippen LogP contribution < -0.4 is 9.44 Å². The summed E-state index contributed by atoms with van der Waals surface area (Å²) in [5.41, 5.74) is -0.0821. The highest BCUT2D eigenvalue weighted by atomic mass is 35.5. The van der Waals surface area contributed by atoms with Crippen molar-refractivity contribution < 1.29 is 53.1 Å². The van der Waals surface area contributed by atoms with Crippen LogP contribution in [0.4, 0.5) is 11.6 Å². The maximum Gasteiger partial charge on any atom is 0.339 e. The lowest BCUT2D eigenvalue weighted by Crippen LogP contribution is -2.35. The number of carbonyl (C=O) groups excluding carboxylic acids is 1. The van der Waals surface area contributed by atoms with Gasteiger partial charge in [0.2, 0.25) is 20.0 Å². The number of pyridine rings is 2. The number of carbonyl (C=O) groups is 2. The Morgan fingerprint density at radius 2 is 0.975 bits per heavy atom. The molecule has 2 fully saturated rings. The third kappa shape index (κ3) is 16.3. The first-order valence-corrected chi connectivity index (χ1v) is 33.4. The molecule has 0 bridgehead atoms. The van der Waals surface area contributed by atoms with Gasteiger partial charge in [-0.25, -0.2) is 53.2 Å². The summed E-state index contributed by atoms with van der Waals surface area (Å²) in [5.74, 6) is -2.24. The van der Waals surface area contributed by atoms with E-state index in [1.54, 1.807) is 36.4 Å². The third-order valence-corrected chi connectivity index (χ3v) is 22.1. The fourth-order valence-corrected chi connectivity index (χ4v) is 16.3. The number of anilines is 2. The van der Waals surface area contributed by atoms with E-state index in [4.69, 9.17) is 51.1 Å². The van der Waals surface area contributed by atoms with Crippen molar-refractivity contribution in [2.45, 2.75) is 104 Å². The second-order valence-electron chi connectivity index (χ2n) is 17.7. The quantitative estimate of drug-likeness (QED) is 0.0474. The Kier molecular flexibility index (Phi) is 21.5. The molecule has 2 aromatic heterocycles. The minimum atomic E-state index is -4.17. The standard InChI is InChI=1S/C28H31Cl2N3O6S3.C23H21Cl2N3O6S3/c1-2-3-7-16-39-28(34)23-18-27(32-41(35,36)26-13-8-20(29)17-24(26)30)31-19-25(23)40-21-9-11-22(12-10-21)42(37,38)33-14-5-4-6-15-33;24-15-4-9-21(19(25)12-15)36(31,32)27-22-13-18(23(29)30)20(14-26-22)35-16-5-7-17(8-6-16)37(33,34)28-10-2-1-3-11-28/h8-13,17-19H,2-7,14-16H2,1H3,(H,31,32);4-9,12-14H,1-3,10-11H2,(H,26,27)(H,29,30). The molecule has 79 heavy (non-hydrogen) atoms. The van der Waals surface area contributed by atoms with Crippen molar-refractivity contribution in [2.75, 3.05) is 42.2 Å². The number of unbranched alkanes of at least 4 members (excludes halogenated alkanes) is 2. The average molecular weight is 1280 g/mol. The van der Waals surface area contributed by atoms with Crippen molar-refractivity contribution in [2.24, 2.45) is 0 Å². The summed E-state index contributed by atoms with van der Waals surface area (Å²) in [6.45, 7) is 4.25. The number of aromatic nitrogens is 2. The molecule has 0 amide bonds. The number of hydrogen-bond acceptors (Lipinski definition) is 15. The lowest BCUT2D eigenvalue weighted by Gasteiger charge is -2.25. The van der Waals surface area contributed by atoms with E-state index in [9.17, 15) is 48.4 Å². The van der Waals surface area contributed by atoms with Gasteiger partial charge in [0, 0.05) is 68.2 Å². The smallest absolute Gasteiger partial charge is 0.339 e. The Hall–Kier alpha value is -4.70. The number of benzene rings is 4. The number of halogens is 4. The molecule has 0 spiro atoms. The number of aromatic carboxylic acids is 1. The number of carboxylic acid groups (broad SMARTS) is 1. The highest BCUT2D eigenvalue weighted by Crippen LogP contribution is 2.36. The Bertz CT molecular complexity index is 3650. The first-order valence-electron chi connectivity index (χ1n) is 24.4. The zero-order chi connectivity index (χ0) is 57.1. The van der Waals surface area contributed by atoms with Crippen molar-refractivity contribution >= 4 is 134 Å². The monoisotopic (exact) mass is 1270 g/mol. The molecule has 4 aromatic carbocycles. The first kappa shape index (κ1) is 61.9. The van der Waals surface area contributed by atoms with Gasteiger partial charge in [-0.3, -0.25) is 9.44 Å². The largest absolute Gasteiger partial charge is 0.478 e. The summed E-state index contributed by atoms with van der Waals surface area (Å²) in [4.78, 5) is 35.1. The van der Waals surface area contributed by atoms with E-state index in [-0.39, 0.29) is 73.9 Å². The third-order valence-electron chi connectivity index (χ3n) is 12.0. The minimum absolute atomic E-state index is 0.0662. The summed E-state index contributed by atoms with van der Waals surface area (Å²) < 4.78 is 116. The number of nitrogens with one attached hydrogen (secondary N) is 2. The normalized spacial score (nSPS) is 14.6. The second-order valence-corrected chi connectivity index (χ2v) is 28.8. The molecule has 422 valence electrons. The summed E-state index contributed by atoms with van der Waals surface area (Å²) in [6.07, 6.45) is 10.5. The Morgan fingerprint density at radius 3 is 1.37 bits per heavy atom. The molecule has 0 aliphatic carbocycles. The van der Waals surface area contributed by atoms with Gasteiger partial charge in [0.25, 0.3) is 20.0 Å². The van der Waals surface area contributed by atoms with Crippen molar-refractivity contribution in [3.8, 4) is 0 Å². The van der Waals surface area contributed by atoms with Crippen molar-refractivity contribution in [3.05, 3.63) is 141 Å². The molecule has 2 saturated heterocycles. The molecular formula is C51H52Cl4N6O12S6. The van der Waals surface area contributed by atoms with Crippen LogP contribution in [-0.4, -0.2) is 102 Å². The summed E-state index contributed by atoms with van der Waals surface area (Å²) >= 11 is 26.1. The molecule has 6 aromatic rings. The SMILES string of the molecule is CCCCCOC(=O)c1cc(NS(=O)(=O)c2ccc(Cl)cc2Cl)ncc1Sc1ccc(S(=O)(=O)N2CCCCC2)cc1.O=C(O)c1cc(NS(=O)(=O)c2ccc(Cl)cc2Cl)ncc1Sc1ccc(S(=O)(=O)N2CCCCC2)cc1. The molecule has 0 atom stereocenters. The van der Waals surface area contributed by atoms with E-state index in [1.807, 2.05) is 6.92 Å². The van der Waals surface area contributed by atoms with Gasteiger partial charge >= 0.3 is 11.9 Å². The number of ether oxygens (including phenoxy) is 1. The second kappa shape index (κ2) is 27.4. The van der Waals surface area contributed by atoms with Crippen LogP contribution in [0.2, 0.25) is 20.1 Å². The van der Waals surface area contributed by atoms with Gasteiger partial charge in [0.05, 0.1) is 37.6 Å². The van der Waals surface area contributed by atoms with Gasteiger partial charge in [-0.15, -0.1) is 0 Å². The predicted octanol–water partition coefficient (Wildman–Crippen LogP) is 12.1. The molecule has 18 nitrogen and oxygen atoms in total. The van der Waals surface area contributed by atoms with Gasteiger partial charge in [0.15, 0.2) is 0 Å². The molecule has 2 aliphatic heterocycles. The molecule has 4 heterocycles. The lowest BCUT2D eigenvalue weighted by molar-refractivity contribution is 0.0493. The van der Waals surface area contributed by atoms with Crippen LogP contribution in [0.5, 0.6) is 0 Å². The Labute approximate surface area is 488 Å². The number of sulfonamides is 4. The van der Waals surface area contributed by atoms with Crippen molar-refractivity contribution in [1.29, 1.82) is 0 Å². The topological polar surface area (TPSA) is 256 Å². The van der Waals surface area contributed by atoms with Crippen LogP contribution in [-0.2, 0) is 44.8 Å². The summed E-state index contributed by atoms with van der Waals surface area (Å²) in [7, 11) is -15.5. The first-order chi connectivity index (χ1) is 37.5. The highest BCUT2D eigenvalue weighted by Gasteiger charge is 2.29. The molecule has 2 aliphatic rings. The number of piperidine rings is 2. The Balaban J connectivity index is 0.000000230. The van der Waals surface area contributed by atoms with E-state index in [0.29, 0.717) is 47.3 Å². The van der Waals surface area contributed by atoms with E-state index in [1.165, 1.54) is 87.4 Å². The lowest BCUT2D eigenvalue weighted by atomic mass is 10.2. The maximum absolute atomic E-state index is 13.1. The molecule has 0 saturated carbocycles. The van der Waals surface area contributed by atoms with Gasteiger partial charge in [-0.05, 0) is 129 Å². The van der Waals surface area contributed by atoms with Crippen LogP contribution in [0.25, 0.3) is 0 Å². The average Bonchev–Trinajstić information content (AvgIpc) is 3.45.